The van der Waals surface area contributed by atoms with Gasteiger partial charge < -0.3 is 4.90 Å². The van der Waals surface area contributed by atoms with Crippen LogP contribution >= 0.6 is 0 Å². The van der Waals surface area contributed by atoms with Crippen molar-refractivity contribution in [3.8, 4) is 5.82 Å². The first kappa shape index (κ1) is 16.7. The number of hydrogen-bond acceptors (Lipinski definition) is 3. The predicted molar refractivity (Wildman–Crippen MR) is 94.3 cm³/mol. The first-order chi connectivity index (χ1) is 11.5. The molecule has 128 valence electrons. The minimum absolute atomic E-state index is 0.0980. The van der Waals surface area contributed by atoms with Crippen molar-refractivity contribution in [2.75, 3.05) is 6.54 Å². The number of amides is 1. The summed E-state index contributed by atoms with van der Waals surface area (Å²) in [7, 11) is 0. The van der Waals surface area contributed by atoms with Crippen molar-refractivity contribution in [2.45, 2.75) is 53.0 Å². The minimum atomic E-state index is 0.0980. The van der Waals surface area contributed by atoms with Crippen LogP contribution in [0, 0.1) is 19.8 Å². The quantitative estimate of drug-likeness (QED) is 0.867. The summed E-state index contributed by atoms with van der Waals surface area (Å²) in [5.74, 6) is 1.33. The molecule has 0 saturated carbocycles. The number of aryl methyl sites for hydroxylation is 2. The van der Waals surface area contributed by atoms with Crippen LogP contribution in [0.15, 0.2) is 24.4 Å². The molecule has 0 radical (unpaired) electrons. The fourth-order valence-corrected chi connectivity index (χ4v) is 3.57. The molecule has 1 unspecified atom stereocenters. The minimum Gasteiger partial charge on any atom is -0.335 e. The second kappa shape index (κ2) is 6.75. The van der Waals surface area contributed by atoms with E-state index in [1.54, 1.807) is 10.9 Å². The van der Waals surface area contributed by atoms with Crippen molar-refractivity contribution in [2.24, 2.45) is 5.92 Å². The number of aromatic nitrogens is 3. The summed E-state index contributed by atoms with van der Waals surface area (Å²) in [6.45, 7) is 9.20. The Morgan fingerprint density at radius 2 is 2.04 bits per heavy atom. The van der Waals surface area contributed by atoms with Gasteiger partial charge in [0.2, 0.25) is 0 Å². The molecule has 0 aromatic carbocycles. The van der Waals surface area contributed by atoms with Gasteiger partial charge in [0, 0.05) is 24.5 Å². The van der Waals surface area contributed by atoms with Gasteiger partial charge in [0.25, 0.3) is 5.91 Å². The molecule has 5 nitrogen and oxygen atoms in total. The van der Waals surface area contributed by atoms with Crippen LogP contribution in [0.1, 0.15) is 54.9 Å². The van der Waals surface area contributed by atoms with Gasteiger partial charge >= 0.3 is 0 Å². The maximum atomic E-state index is 12.9. The number of carbonyl (C=O) groups is 1. The third kappa shape index (κ3) is 3.21. The fourth-order valence-electron chi connectivity index (χ4n) is 3.57. The van der Waals surface area contributed by atoms with E-state index >= 15 is 0 Å². The number of nitrogens with zero attached hydrogens (tertiary/aromatic N) is 4. The van der Waals surface area contributed by atoms with E-state index in [9.17, 15) is 4.79 Å². The average Bonchev–Trinajstić information content (AvgIpc) is 2.92. The zero-order chi connectivity index (χ0) is 17.3. The number of rotatable bonds is 3. The molecule has 1 aliphatic rings. The van der Waals surface area contributed by atoms with Crippen molar-refractivity contribution in [3.63, 3.8) is 0 Å². The Bertz CT molecular complexity index is 717. The van der Waals surface area contributed by atoms with Gasteiger partial charge in [-0.15, -0.1) is 0 Å². The molecule has 2 aromatic heterocycles. The van der Waals surface area contributed by atoms with Crippen molar-refractivity contribution in [3.05, 3.63) is 41.3 Å². The SMILES string of the molecule is Cc1cc(C)n(-c2ccc(C(=O)N3CCCCC3C(C)C)cn2)n1. The maximum absolute atomic E-state index is 12.9. The first-order valence-corrected chi connectivity index (χ1v) is 8.78. The number of hydrogen-bond donors (Lipinski definition) is 0. The van der Waals surface area contributed by atoms with Crippen molar-refractivity contribution in [1.29, 1.82) is 0 Å². The highest BCUT2D eigenvalue weighted by Gasteiger charge is 2.29. The summed E-state index contributed by atoms with van der Waals surface area (Å²) < 4.78 is 1.81. The predicted octanol–water partition coefficient (Wildman–Crippen LogP) is 3.53. The Kier molecular flexibility index (Phi) is 4.69. The lowest BCUT2D eigenvalue weighted by molar-refractivity contribution is 0.0543. The van der Waals surface area contributed by atoms with Crippen LogP contribution < -0.4 is 0 Å². The molecule has 1 aliphatic heterocycles. The smallest absolute Gasteiger partial charge is 0.255 e. The standard InChI is InChI=1S/C19H26N4O/c1-13(2)17-7-5-6-10-22(17)19(24)16-8-9-18(20-12-16)23-15(4)11-14(3)21-23/h8-9,11-13,17H,5-7,10H2,1-4H3. The van der Waals surface area contributed by atoms with Crippen molar-refractivity contribution >= 4 is 5.91 Å². The van der Waals surface area contributed by atoms with Crippen LogP contribution in [0.2, 0.25) is 0 Å². The van der Waals surface area contributed by atoms with E-state index in [4.69, 9.17) is 0 Å². The fraction of sp³-hybridized carbons (Fsp3) is 0.526. The summed E-state index contributed by atoms with van der Waals surface area (Å²) in [6.07, 6.45) is 5.08. The van der Waals surface area contributed by atoms with Gasteiger partial charge in [0.05, 0.1) is 11.3 Å². The highest BCUT2D eigenvalue weighted by molar-refractivity contribution is 5.94. The summed E-state index contributed by atoms with van der Waals surface area (Å²) in [5, 5.41) is 4.44. The Morgan fingerprint density at radius 3 is 2.62 bits per heavy atom. The molecule has 1 amide bonds. The summed E-state index contributed by atoms with van der Waals surface area (Å²) in [6, 6.07) is 6.09. The van der Waals surface area contributed by atoms with Crippen molar-refractivity contribution in [1.82, 2.24) is 19.7 Å². The van der Waals surface area contributed by atoms with E-state index in [2.05, 4.69) is 23.9 Å². The molecule has 2 aromatic rings. The molecule has 1 saturated heterocycles. The largest absolute Gasteiger partial charge is 0.335 e. The first-order valence-electron chi connectivity index (χ1n) is 8.78. The van der Waals surface area contributed by atoms with Crippen LogP contribution in [-0.2, 0) is 0 Å². The Hall–Kier alpha value is -2.17. The van der Waals surface area contributed by atoms with Gasteiger partial charge in [0.1, 0.15) is 0 Å². The number of likely N-dealkylation sites (tertiary alicyclic amines) is 1. The van der Waals surface area contributed by atoms with Gasteiger partial charge in [-0.05, 0) is 57.2 Å². The lowest BCUT2D eigenvalue weighted by Gasteiger charge is -2.38. The van der Waals surface area contributed by atoms with Crippen LogP contribution in [0.5, 0.6) is 0 Å². The molecule has 1 fully saturated rings. The van der Waals surface area contributed by atoms with E-state index in [1.165, 1.54) is 6.42 Å². The Labute approximate surface area is 143 Å². The second-order valence-electron chi connectivity index (χ2n) is 7.05. The molecule has 3 rings (SSSR count). The maximum Gasteiger partial charge on any atom is 0.255 e. The van der Waals surface area contributed by atoms with Gasteiger partial charge in [-0.25, -0.2) is 9.67 Å². The van der Waals surface area contributed by atoms with Crippen LogP contribution in [0.25, 0.3) is 5.82 Å². The second-order valence-corrected chi connectivity index (χ2v) is 7.05. The van der Waals surface area contributed by atoms with Crippen LogP contribution in [0.3, 0.4) is 0 Å². The molecular weight excluding hydrogens is 300 g/mol. The van der Waals surface area contributed by atoms with E-state index in [0.717, 1.165) is 36.6 Å². The normalized spacial score (nSPS) is 18.2. The van der Waals surface area contributed by atoms with E-state index < -0.39 is 0 Å². The molecule has 24 heavy (non-hydrogen) atoms. The zero-order valence-electron chi connectivity index (χ0n) is 15.0. The van der Waals surface area contributed by atoms with E-state index in [1.807, 2.05) is 36.9 Å². The van der Waals surface area contributed by atoms with Crippen LogP contribution in [-0.4, -0.2) is 38.2 Å². The molecule has 3 heterocycles. The monoisotopic (exact) mass is 326 g/mol. The highest BCUT2D eigenvalue weighted by atomic mass is 16.2. The Balaban J connectivity index is 1.82. The van der Waals surface area contributed by atoms with Gasteiger partial charge in [0.15, 0.2) is 5.82 Å². The van der Waals surface area contributed by atoms with Gasteiger partial charge in [-0.2, -0.15) is 5.10 Å². The molecule has 5 heteroatoms. The molecule has 0 aliphatic carbocycles. The average molecular weight is 326 g/mol. The Morgan fingerprint density at radius 1 is 1.25 bits per heavy atom. The van der Waals surface area contributed by atoms with Gasteiger partial charge in [-0.1, -0.05) is 13.8 Å². The summed E-state index contributed by atoms with van der Waals surface area (Å²) >= 11 is 0. The number of carbonyl (C=O) groups excluding carboxylic acids is 1. The van der Waals surface area contributed by atoms with Gasteiger partial charge in [-0.3, -0.25) is 4.79 Å². The molecule has 0 spiro atoms. The van der Waals surface area contributed by atoms with Crippen LogP contribution in [0.4, 0.5) is 0 Å². The third-order valence-electron chi connectivity index (χ3n) is 4.80. The molecule has 0 bridgehead atoms. The topological polar surface area (TPSA) is 51.0 Å². The summed E-state index contributed by atoms with van der Waals surface area (Å²) in [4.78, 5) is 19.4. The molecule has 0 N–H and O–H groups in total. The molecule has 1 atom stereocenters. The highest BCUT2D eigenvalue weighted by Crippen LogP contribution is 2.25. The lowest BCUT2D eigenvalue weighted by atomic mass is 9.92. The third-order valence-corrected chi connectivity index (χ3v) is 4.80. The van der Waals surface area contributed by atoms with Crippen molar-refractivity contribution < 1.29 is 4.79 Å². The number of pyridine rings is 1. The number of piperidine rings is 1. The summed E-state index contributed by atoms with van der Waals surface area (Å²) in [5.41, 5.74) is 2.66. The van der Waals surface area contributed by atoms with E-state index in [0.29, 0.717) is 17.5 Å². The van der Waals surface area contributed by atoms with E-state index in [-0.39, 0.29) is 5.91 Å². The lowest BCUT2D eigenvalue weighted by Crippen LogP contribution is -2.46. The molecular formula is C19H26N4O. The zero-order valence-corrected chi connectivity index (χ0v) is 15.0.